The van der Waals surface area contributed by atoms with Gasteiger partial charge in [-0.15, -0.1) is 0 Å². The second-order valence-electron chi connectivity index (χ2n) is 6.62. The van der Waals surface area contributed by atoms with Crippen LogP contribution < -0.4 is 10.1 Å². The normalized spacial score (nSPS) is 11.6. The van der Waals surface area contributed by atoms with Crippen molar-refractivity contribution in [2.75, 3.05) is 7.11 Å². The molecule has 10 heteroatoms. The summed E-state index contributed by atoms with van der Waals surface area (Å²) in [6.45, 7) is 0.633. The first-order valence-corrected chi connectivity index (χ1v) is 9.42. The Bertz CT molecular complexity index is 993. The molecule has 0 aliphatic carbocycles. The molecule has 1 heterocycles. The molecule has 7 nitrogen and oxygen atoms in total. The number of carbonyl (C=O) groups excluding carboxylic acids is 1. The lowest BCUT2D eigenvalue weighted by molar-refractivity contribution is -0.192. The maximum atomic E-state index is 12.5. The highest BCUT2D eigenvalue weighted by Crippen LogP contribution is 2.17. The van der Waals surface area contributed by atoms with E-state index in [1.165, 1.54) is 0 Å². The molecule has 0 aliphatic heterocycles. The molecule has 0 bridgehead atoms. The number of imidazole rings is 1. The molecule has 0 radical (unpaired) electrons. The van der Waals surface area contributed by atoms with Gasteiger partial charge in [0.25, 0.3) is 0 Å². The molecule has 1 amide bonds. The largest absolute Gasteiger partial charge is 0.497 e. The fraction of sp³-hybridized carbons (Fsp3) is 0.227. The molecule has 2 N–H and O–H groups in total. The molecule has 0 fully saturated rings. The molecule has 0 aliphatic rings. The van der Waals surface area contributed by atoms with E-state index in [4.69, 9.17) is 14.6 Å². The smallest absolute Gasteiger partial charge is 0.490 e. The van der Waals surface area contributed by atoms with Crippen LogP contribution >= 0.6 is 0 Å². The number of benzene rings is 2. The SMILES string of the molecule is COc1cccc(CC(=O)NC(Cn2ccnc2)c2ccccc2)c1.O=C(O)C(F)(F)F. The highest BCUT2D eigenvalue weighted by molar-refractivity contribution is 5.79. The van der Waals surface area contributed by atoms with Crippen LogP contribution in [0.1, 0.15) is 17.2 Å². The molecular weight excluding hydrogens is 427 g/mol. The third kappa shape index (κ3) is 8.13. The lowest BCUT2D eigenvalue weighted by atomic mass is 10.1. The predicted octanol–water partition coefficient (Wildman–Crippen LogP) is 3.63. The van der Waals surface area contributed by atoms with Gasteiger partial charge in [-0.05, 0) is 23.3 Å². The summed E-state index contributed by atoms with van der Waals surface area (Å²) in [6.07, 6.45) is 0.610. The molecule has 1 atom stereocenters. The lowest BCUT2D eigenvalue weighted by Gasteiger charge is -2.20. The minimum Gasteiger partial charge on any atom is -0.497 e. The first-order valence-electron chi connectivity index (χ1n) is 9.42. The molecular formula is C22H22F3N3O4. The van der Waals surface area contributed by atoms with Gasteiger partial charge in [0.2, 0.25) is 5.91 Å². The number of aromatic nitrogens is 2. The third-order valence-corrected chi connectivity index (χ3v) is 4.23. The fourth-order valence-corrected chi connectivity index (χ4v) is 2.74. The van der Waals surface area contributed by atoms with Crippen LogP contribution in [0.5, 0.6) is 5.75 Å². The number of alkyl halides is 3. The van der Waals surface area contributed by atoms with Gasteiger partial charge in [0.1, 0.15) is 5.75 Å². The van der Waals surface area contributed by atoms with Crippen molar-refractivity contribution in [3.8, 4) is 5.75 Å². The minimum atomic E-state index is -5.08. The molecule has 0 saturated heterocycles. The number of halogens is 3. The minimum absolute atomic E-state index is 0.0257. The second kappa shape index (κ2) is 11.5. The van der Waals surface area contributed by atoms with Crippen LogP contribution in [0.15, 0.2) is 73.3 Å². The van der Waals surface area contributed by atoms with E-state index in [2.05, 4.69) is 10.3 Å². The van der Waals surface area contributed by atoms with Crippen LogP contribution in [0.4, 0.5) is 13.2 Å². The number of hydrogen-bond acceptors (Lipinski definition) is 4. The van der Waals surface area contributed by atoms with Gasteiger partial charge < -0.3 is 19.7 Å². The number of hydrogen-bond donors (Lipinski definition) is 2. The predicted molar refractivity (Wildman–Crippen MR) is 110 cm³/mol. The van der Waals surface area contributed by atoms with Crippen LogP contribution in [-0.2, 0) is 22.6 Å². The number of nitrogens with zero attached hydrogens (tertiary/aromatic N) is 2. The zero-order valence-corrected chi connectivity index (χ0v) is 17.1. The van der Waals surface area contributed by atoms with E-state index in [-0.39, 0.29) is 11.9 Å². The van der Waals surface area contributed by atoms with E-state index in [0.717, 1.165) is 16.9 Å². The van der Waals surface area contributed by atoms with Gasteiger partial charge in [-0.25, -0.2) is 9.78 Å². The Morgan fingerprint density at radius 3 is 2.41 bits per heavy atom. The topological polar surface area (TPSA) is 93.5 Å². The number of carboxylic acid groups (broad SMARTS) is 1. The van der Waals surface area contributed by atoms with Crippen molar-refractivity contribution >= 4 is 11.9 Å². The summed E-state index contributed by atoms with van der Waals surface area (Å²) < 4.78 is 38.9. The Balaban J connectivity index is 0.000000451. The monoisotopic (exact) mass is 449 g/mol. The summed E-state index contributed by atoms with van der Waals surface area (Å²) in [7, 11) is 1.62. The van der Waals surface area contributed by atoms with Gasteiger partial charge in [0.15, 0.2) is 0 Å². The molecule has 32 heavy (non-hydrogen) atoms. The van der Waals surface area contributed by atoms with Crippen molar-refractivity contribution in [2.45, 2.75) is 25.2 Å². The Hall–Kier alpha value is -3.82. The van der Waals surface area contributed by atoms with E-state index >= 15 is 0 Å². The summed E-state index contributed by atoms with van der Waals surface area (Å²) >= 11 is 0. The summed E-state index contributed by atoms with van der Waals surface area (Å²) in [5.74, 6) is -2.03. The molecule has 1 aromatic heterocycles. The lowest BCUT2D eigenvalue weighted by Crippen LogP contribution is -2.32. The number of amides is 1. The van der Waals surface area contributed by atoms with Crippen molar-refractivity contribution in [3.05, 3.63) is 84.4 Å². The maximum absolute atomic E-state index is 12.5. The first-order chi connectivity index (χ1) is 15.2. The molecule has 3 rings (SSSR count). The standard InChI is InChI=1S/C20H21N3O2.C2HF3O2/c1-25-18-9-5-6-16(12-18)13-20(24)22-19(14-23-11-10-21-15-23)17-7-3-2-4-8-17;3-2(4,5)1(6)7/h2-12,15,19H,13-14H2,1H3,(H,22,24);(H,6,7). The number of methoxy groups -OCH3 is 1. The summed E-state index contributed by atoms with van der Waals surface area (Å²) in [5.41, 5.74) is 1.99. The Morgan fingerprint density at radius 1 is 1.16 bits per heavy atom. The van der Waals surface area contributed by atoms with E-state index in [1.54, 1.807) is 19.6 Å². The molecule has 0 spiro atoms. The van der Waals surface area contributed by atoms with Crippen LogP contribution in [-0.4, -0.2) is 39.8 Å². The fourth-order valence-electron chi connectivity index (χ4n) is 2.74. The average Bonchev–Trinajstić information content (AvgIpc) is 3.27. The van der Waals surface area contributed by atoms with Gasteiger partial charge in [0, 0.05) is 18.9 Å². The van der Waals surface area contributed by atoms with Gasteiger partial charge in [-0.1, -0.05) is 42.5 Å². The van der Waals surface area contributed by atoms with Crippen molar-refractivity contribution in [1.29, 1.82) is 0 Å². The van der Waals surface area contributed by atoms with Crippen molar-refractivity contribution in [3.63, 3.8) is 0 Å². The van der Waals surface area contributed by atoms with Crippen molar-refractivity contribution in [2.24, 2.45) is 0 Å². The summed E-state index contributed by atoms with van der Waals surface area (Å²) in [4.78, 5) is 25.5. The summed E-state index contributed by atoms with van der Waals surface area (Å²) in [6, 6.07) is 17.4. The van der Waals surface area contributed by atoms with E-state index in [1.807, 2.05) is 65.4 Å². The third-order valence-electron chi connectivity index (χ3n) is 4.23. The average molecular weight is 449 g/mol. The highest BCUT2D eigenvalue weighted by atomic mass is 19.4. The van der Waals surface area contributed by atoms with E-state index in [0.29, 0.717) is 13.0 Å². The van der Waals surface area contributed by atoms with Gasteiger partial charge in [0.05, 0.1) is 25.9 Å². The molecule has 0 saturated carbocycles. The van der Waals surface area contributed by atoms with Crippen molar-refractivity contribution < 1.29 is 32.6 Å². The zero-order chi connectivity index (χ0) is 23.6. The van der Waals surface area contributed by atoms with Crippen LogP contribution in [0, 0.1) is 0 Å². The number of carboxylic acids is 1. The van der Waals surface area contributed by atoms with Crippen LogP contribution in [0.3, 0.4) is 0 Å². The van der Waals surface area contributed by atoms with Gasteiger partial charge in [-0.2, -0.15) is 13.2 Å². The number of carbonyl (C=O) groups is 2. The second-order valence-corrected chi connectivity index (χ2v) is 6.62. The first kappa shape index (κ1) is 24.4. The summed E-state index contributed by atoms with van der Waals surface area (Å²) in [5, 5.41) is 10.3. The van der Waals surface area contributed by atoms with Crippen molar-refractivity contribution in [1.82, 2.24) is 14.9 Å². The van der Waals surface area contributed by atoms with Crippen LogP contribution in [0.2, 0.25) is 0 Å². The molecule has 1 unspecified atom stereocenters. The number of rotatable bonds is 7. The van der Waals surface area contributed by atoms with E-state index in [9.17, 15) is 18.0 Å². The van der Waals surface area contributed by atoms with E-state index < -0.39 is 12.1 Å². The highest BCUT2D eigenvalue weighted by Gasteiger charge is 2.38. The number of nitrogens with one attached hydrogen (secondary N) is 1. The Labute approximate surface area is 182 Å². The van der Waals surface area contributed by atoms with Gasteiger partial charge >= 0.3 is 12.1 Å². The Morgan fingerprint density at radius 2 is 1.84 bits per heavy atom. The number of ether oxygens (including phenoxy) is 1. The quantitative estimate of drug-likeness (QED) is 0.575. The van der Waals surface area contributed by atoms with Crippen LogP contribution in [0.25, 0.3) is 0 Å². The maximum Gasteiger partial charge on any atom is 0.490 e. The molecule has 170 valence electrons. The molecule has 2 aromatic carbocycles. The Kier molecular flexibility index (Phi) is 8.82. The number of aliphatic carboxylic acids is 1. The van der Waals surface area contributed by atoms with Gasteiger partial charge in [-0.3, -0.25) is 4.79 Å². The molecule has 3 aromatic rings. The zero-order valence-electron chi connectivity index (χ0n) is 17.1.